The third-order valence-electron chi connectivity index (χ3n) is 6.61. The highest BCUT2D eigenvalue weighted by atomic mass is 16.2. The number of benzene rings is 1. The standard InChI is InChI=1S/C20H24N2O3/c1-3-21(4-2)12-13-22-17(24)19-10-7-11-20(19,18(22)25)16(23)14-8-5-6-9-15(14)19/h5-6,8-9H,3-4,7,10-13H2,1-2H3. The van der Waals surface area contributed by atoms with Gasteiger partial charge >= 0.3 is 0 Å². The Morgan fingerprint density at radius 2 is 1.64 bits per heavy atom. The zero-order valence-electron chi connectivity index (χ0n) is 14.9. The van der Waals surface area contributed by atoms with E-state index in [-0.39, 0.29) is 17.6 Å². The molecule has 0 spiro atoms. The van der Waals surface area contributed by atoms with Crippen LogP contribution in [0.15, 0.2) is 24.3 Å². The fourth-order valence-corrected chi connectivity index (χ4v) is 5.33. The average Bonchev–Trinajstić information content (AvgIpc) is 3.19. The van der Waals surface area contributed by atoms with Crippen LogP contribution in [-0.2, 0) is 15.0 Å². The van der Waals surface area contributed by atoms with Crippen LogP contribution in [0.2, 0.25) is 0 Å². The van der Waals surface area contributed by atoms with Crippen LogP contribution in [0.4, 0.5) is 0 Å². The Balaban J connectivity index is 1.77. The number of likely N-dealkylation sites (tertiary alicyclic amines) is 1. The summed E-state index contributed by atoms with van der Waals surface area (Å²) in [7, 11) is 0. The quantitative estimate of drug-likeness (QED) is 0.608. The average molecular weight is 340 g/mol. The highest BCUT2D eigenvalue weighted by molar-refractivity contribution is 6.30. The molecule has 0 N–H and O–H groups in total. The maximum Gasteiger partial charge on any atom is 0.244 e. The number of amides is 2. The van der Waals surface area contributed by atoms with E-state index in [1.165, 1.54) is 4.90 Å². The fraction of sp³-hybridized carbons (Fsp3) is 0.550. The molecule has 1 aromatic rings. The Labute approximate surface area is 148 Å². The summed E-state index contributed by atoms with van der Waals surface area (Å²) in [6.45, 7) is 6.93. The smallest absolute Gasteiger partial charge is 0.244 e. The van der Waals surface area contributed by atoms with Gasteiger partial charge in [-0.2, -0.15) is 0 Å². The van der Waals surface area contributed by atoms with Crippen LogP contribution in [0, 0.1) is 5.41 Å². The van der Waals surface area contributed by atoms with Crippen molar-refractivity contribution in [2.24, 2.45) is 5.41 Å². The molecule has 2 fully saturated rings. The molecule has 1 saturated carbocycles. The minimum Gasteiger partial charge on any atom is -0.302 e. The SMILES string of the molecule is CCN(CC)CCN1C(=O)C23CCCC2(C1=O)c1ccccc1C3=O. The van der Waals surface area contributed by atoms with E-state index in [2.05, 4.69) is 18.7 Å². The largest absolute Gasteiger partial charge is 0.302 e. The first-order chi connectivity index (χ1) is 12.0. The van der Waals surface area contributed by atoms with E-state index < -0.39 is 10.8 Å². The monoisotopic (exact) mass is 340 g/mol. The van der Waals surface area contributed by atoms with Gasteiger partial charge in [0.2, 0.25) is 11.8 Å². The molecule has 4 rings (SSSR count). The first kappa shape index (κ1) is 16.5. The van der Waals surface area contributed by atoms with Gasteiger partial charge in [0.25, 0.3) is 0 Å². The van der Waals surface area contributed by atoms with Crippen molar-refractivity contribution in [3.63, 3.8) is 0 Å². The zero-order valence-corrected chi connectivity index (χ0v) is 14.9. The summed E-state index contributed by atoms with van der Waals surface area (Å²) in [5.41, 5.74) is -0.758. The van der Waals surface area contributed by atoms with E-state index in [9.17, 15) is 14.4 Å². The van der Waals surface area contributed by atoms with E-state index in [1.807, 2.05) is 18.2 Å². The summed E-state index contributed by atoms with van der Waals surface area (Å²) < 4.78 is 0. The molecule has 2 aliphatic carbocycles. The van der Waals surface area contributed by atoms with Crippen molar-refractivity contribution >= 4 is 17.6 Å². The van der Waals surface area contributed by atoms with E-state index in [1.54, 1.807) is 6.07 Å². The number of hydrogen-bond donors (Lipinski definition) is 0. The number of carbonyl (C=O) groups is 3. The van der Waals surface area contributed by atoms with Gasteiger partial charge in [-0.05, 0) is 31.5 Å². The minimum absolute atomic E-state index is 0.135. The van der Waals surface area contributed by atoms with Gasteiger partial charge in [-0.3, -0.25) is 19.3 Å². The summed E-state index contributed by atoms with van der Waals surface area (Å²) >= 11 is 0. The molecule has 5 nitrogen and oxygen atoms in total. The molecule has 25 heavy (non-hydrogen) atoms. The van der Waals surface area contributed by atoms with Crippen LogP contribution in [0.25, 0.3) is 0 Å². The van der Waals surface area contributed by atoms with Crippen molar-refractivity contribution < 1.29 is 14.4 Å². The van der Waals surface area contributed by atoms with Gasteiger partial charge in [-0.25, -0.2) is 0 Å². The second kappa shape index (κ2) is 5.49. The van der Waals surface area contributed by atoms with Gasteiger partial charge in [0.05, 0.1) is 5.41 Å². The molecule has 1 saturated heterocycles. The van der Waals surface area contributed by atoms with E-state index >= 15 is 0 Å². The topological polar surface area (TPSA) is 57.7 Å². The molecule has 3 aliphatic rings. The number of ketones is 1. The third-order valence-corrected chi connectivity index (χ3v) is 6.61. The zero-order chi connectivity index (χ0) is 17.8. The van der Waals surface area contributed by atoms with Crippen LogP contribution >= 0.6 is 0 Å². The minimum atomic E-state index is -1.17. The second-order valence-corrected chi connectivity index (χ2v) is 7.33. The van der Waals surface area contributed by atoms with Crippen molar-refractivity contribution in [1.82, 2.24) is 9.80 Å². The normalized spacial score (nSPS) is 30.2. The molecule has 2 amide bonds. The highest BCUT2D eigenvalue weighted by Crippen LogP contribution is 2.65. The van der Waals surface area contributed by atoms with Gasteiger partial charge in [0.15, 0.2) is 5.78 Å². The summed E-state index contributed by atoms with van der Waals surface area (Å²) in [5.74, 6) is -0.548. The van der Waals surface area contributed by atoms with Crippen LogP contribution in [0.1, 0.15) is 49.0 Å². The number of Topliss-reactive ketones (excluding diaryl/α,β-unsaturated/α-hetero) is 1. The van der Waals surface area contributed by atoms with Gasteiger partial charge in [0.1, 0.15) is 5.41 Å². The van der Waals surface area contributed by atoms with Gasteiger partial charge in [0, 0.05) is 18.7 Å². The molecule has 132 valence electrons. The number of carbonyl (C=O) groups excluding carboxylic acids is 3. The van der Waals surface area contributed by atoms with Crippen molar-refractivity contribution in [2.75, 3.05) is 26.2 Å². The number of rotatable bonds is 5. The lowest BCUT2D eigenvalue weighted by Crippen LogP contribution is -2.44. The molecule has 1 aliphatic heterocycles. The van der Waals surface area contributed by atoms with E-state index in [0.717, 1.165) is 25.1 Å². The molecule has 0 bridgehead atoms. The van der Waals surface area contributed by atoms with Crippen molar-refractivity contribution in [3.05, 3.63) is 35.4 Å². The Hall–Kier alpha value is -2.01. The van der Waals surface area contributed by atoms with Crippen molar-refractivity contribution in [1.29, 1.82) is 0 Å². The predicted molar refractivity (Wildman–Crippen MR) is 93.2 cm³/mol. The molecule has 5 heteroatoms. The third kappa shape index (κ3) is 1.74. The van der Waals surface area contributed by atoms with Crippen LogP contribution < -0.4 is 0 Å². The first-order valence-corrected chi connectivity index (χ1v) is 9.27. The Bertz CT molecular complexity index is 770. The molecule has 1 heterocycles. The number of likely N-dealkylation sites (N-methyl/N-ethyl adjacent to an activating group) is 1. The fourth-order valence-electron chi connectivity index (χ4n) is 5.33. The maximum atomic E-state index is 13.4. The van der Waals surface area contributed by atoms with Crippen molar-refractivity contribution in [2.45, 2.75) is 38.5 Å². The van der Waals surface area contributed by atoms with E-state index in [0.29, 0.717) is 31.5 Å². The summed E-state index contributed by atoms with van der Waals surface area (Å²) in [6, 6.07) is 7.32. The summed E-state index contributed by atoms with van der Waals surface area (Å²) in [6.07, 6.45) is 1.84. The Morgan fingerprint density at radius 1 is 1.00 bits per heavy atom. The van der Waals surface area contributed by atoms with Crippen LogP contribution in [0.3, 0.4) is 0 Å². The number of hydrogen-bond acceptors (Lipinski definition) is 4. The summed E-state index contributed by atoms with van der Waals surface area (Å²) in [4.78, 5) is 43.5. The maximum absolute atomic E-state index is 13.4. The Morgan fingerprint density at radius 3 is 2.36 bits per heavy atom. The highest BCUT2D eigenvalue weighted by Gasteiger charge is 2.78. The molecular weight excluding hydrogens is 316 g/mol. The number of fused-ring (bicyclic) bond motifs is 1. The lowest BCUT2D eigenvalue weighted by molar-refractivity contribution is -0.141. The predicted octanol–water partition coefficient (Wildman–Crippen LogP) is 2.00. The molecule has 2 unspecified atom stereocenters. The molecule has 1 aromatic carbocycles. The van der Waals surface area contributed by atoms with Gasteiger partial charge < -0.3 is 4.90 Å². The van der Waals surface area contributed by atoms with Crippen molar-refractivity contribution in [3.8, 4) is 0 Å². The lowest BCUT2D eigenvalue weighted by atomic mass is 9.67. The van der Waals surface area contributed by atoms with Gasteiger partial charge in [-0.15, -0.1) is 0 Å². The number of nitrogens with zero attached hydrogens (tertiary/aromatic N) is 2. The second-order valence-electron chi connectivity index (χ2n) is 7.33. The van der Waals surface area contributed by atoms with Crippen LogP contribution in [-0.4, -0.2) is 53.6 Å². The molecule has 0 radical (unpaired) electrons. The molecule has 2 atom stereocenters. The Kier molecular flexibility index (Phi) is 3.62. The van der Waals surface area contributed by atoms with Crippen LogP contribution in [0.5, 0.6) is 0 Å². The number of imide groups is 1. The molecule has 0 aromatic heterocycles. The summed E-state index contributed by atoms with van der Waals surface area (Å²) in [5, 5.41) is 0. The van der Waals surface area contributed by atoms with Gasteiger partial charge in [-0.1, -0.05) is 44.5 Å². The first-order valence-electron chi connectivity index (χ1n) is 9.27. The van der Waals surface area contributed by atoms with E-state index in [4.69, 9.17) is 0 Å². The molecular formula is C20H24N2O3. The lowest BCUT2D eigenvalue weighted by Gasteiger charge is -2.27.